The van der Waals surface area contributed by atoms with Gasteiger partial charge in [0.2, 0.25) is 0 Å². The highest BCUT2D eigenvalue weighted by Gasteiger charge is 2.17. The van der Waals surface area contributed by atoms with Crippen molar-refractivity contribution in [2.45, 2.75) is 18.9 Å². The van der Waals surface area contributed by atoms with E-state index in [1.54, 1.807) is 6.07 Å². The van der Waals surface area contributed by atoms with Crippen LogP contribution in [0.3, 0.4) is 0 Å². The minimum atomic E-state index is -0.502. The molecule has 0 saturated carbocycles. The van der Waals surface area contributed by atoms with Gasteiger partial charge < -0.3 is 10.1 Å². The van der Waals surface area contributed by atoms with Gasteiger partial charge in [0.05, 0.1) is 11.0 Å². The minimum absolute atomic E-state index is 0. The quantitative estimate of drug-likeness (QED) is 0.687. The molecule has 0 aliphatic carbocycles. The molecule has 1 aliphatic rings. The van der Waals surface area contributed by atoms with E-state index in [1.165, 1.54) is 12.1 Å². The van der Waals surface area contributed by atoms with Gasteiger partial charge in [-0.15, -0.1) is 12.4 Å². The number of rotatable bonds is 3. The summed E-state index contributed by atoms with van der Waals surface area (Å²) in [5.41, 5.74) is -0.113. The first-order valence-electron chi connectivity index (χ1n) is 5.48. The van der Waals surface area contributed by atoms with E-state index in [0.717, 1.165) is 25.9 Å². The zero-order chi connectivity index (χ0) is 12.3. The van der Waals surface area contributed by atoms with Crippen LogP contribution in [0.4, 0.5) is 5.69 Å². The highest BCUT2D eigenvalue weighted by molar-refractivity contribution is 6.32. The van der Waals surface area contributed by atoms with Crippen LogP contribution in [0, 0.1) is 10.1 Å². The number of piperidine rings is 1. The third-order valence-corrected chi connectivity index (χ3v) is 3.02. The Bertz CT molecular complexity index is 423. The molecule has 0 atom stereocenters. The van der Waals surface area contributed by atoms with Gasteiger partial charge in [0, 0.05) is 0 Å². The number of hydrogen-bond acceptors (Lipinski definition) is 4. The molecule has 1 aromatic rings. The summed E-state index contributed by atoms with van der Waals surface area (Å²) >= 11 is 5.73. The van der Waals surface area contributed by atoms with Crippen LogP contribution in [-0.4, -0.2) is 24.1 Å². The smallest absolute Gasteiger partial charge is 0.291 e. The van der Waals surface area contributed by atoms with Gasteiger partial charge in [-0.3, -0.25) is 10.1 Å². The fraction of sp³-hybridized carbons (Fsp3) is 0.455. The Labute approximate surface area is 116 Å². The Morgan fingerprint density at radius 3 is 2.67 bits per heavy atom. The Kier molecular flexibility index (Phi) is 5.65. The SMILES string of the molecule is Cl.O=[N+]([O-])c1cc(OC2CCNCC2)ccc1Cl. The predicted molar refractivity (Wildman–Crippen MR) is 71.9 cm³/mol. The maximum absolute atomic E-state index is 10.7. The maximum atomic E-state index is 10.7. The van der Waals surface area contributed by atoms with E-state index in [9.17, 15) is 10.1 Å². The second kappa shape index (κ2) is 6.78. The first kappa shape index (κ1) is 15.0. The lowest BCUT2D eigenvalue weighted by molar-refractivity contribution is -0.384. The van der Waals surface area contributed by atoms with Crippen LogP contribution in [0.25, 0.3) is 0 Å². The molecule has 7 heteroatoms. The number of hydrogen-bond donors (Lipinski definition) is 1. The van der Waals surface area contributed by atoms with Crippen molar-refractivity contribution >= 4 is 29.7 Å². The molecule has 1 fully saturated rings. The molecule has 0 amide bonds. The molecule has 100 valence electrons. The van der Waals surface area contributed by atoms with Crippen LogP contribution >= 0.6 is 24.0 Å². The lowest BCUT2D eigenvalue weighted by atomic mass is 10.1. The van der Waals surface area contributed by atoms with Crippen molar-refractivity contribution in [1.82, 2.24) is 5.32 Å². The summed E-state index contributed by atoms with van der Waals surface area (Å²) in [7, 11) is 0. The normalized spacial score (nSPS) is 15.8. The zero-order valence-electron chi connectivity index (χ0n) is 9.60. The average Bonchev–Trinajstić information content (AvgIpc) is 2.32. The summed E-state index contributed by atoms with van der Waals surface area (Å²) in [6.45, 7) is 1.83. The fourth-order valence-corrected chi connectivity index (χ4v) is 2.00. The summed E-state index contributed by atoms with van der Waals surface area (Å²) in [6.07, 6.45) is 1.95. The van der Waals surface area contributed by atoms with E-state index in [4.69, 9.17) is 16.3 Å². The van der Waals surface area contributed by atoms with E-state index < -0.39 is 4.92 Å². The monoisotopic (exact) mass is 292 g/mol. The first-order chi connectivity index (χ1) is 8.16. The third kappa shape index (κ3) is 3.73. The topological polar surface area (TPSA) is 64.4 Å². The third-order valence-electron chi connectivity index (χ3n) is 2.70. The molecule has 0 unspecified atom stereocenters. The van der Waals surface area contributed by atoms with Gasteiger partial charge in [-0.05, 0) is 38.1 Å². The summed E-state index contributed by atoms with van der Waals surface area (Å²) in [5, 5.41) is 14.1. The van der Waals surface area contributed by atoms with Gasteiger partial charge in [-0.25, -0.2) is 0 Å². The van der Waals surface area contributed by atoms with E-state index >= 15 is 0 Å². The van der Waals surface area contributed by atoms with Gasteiger partial charge in [-0.2, -0.15) is 0 Å². The van der Waals surface area contributed by atoms with Crippen LogP contribution in [0.5, 0.6) is 5.75 Å². The van der Waals surface area contributed by atoms with Gasteiger partial charge in [0.25, 0.3) is 5.69 Å². The lowest BCUT2D eigenvalue weighted by Crippen LogP contribution is -2.34. The van der Waals surface area contributed by atoms with E-state index in [1.807, 2.05) is 0 Å². The average molecular weight is 293 g/mol. The molecule has 0 aromatic heterocycles. The molecule has 1 heterocycles. The number of nitro groups is 1. The van der Waals surface area contributed by atoms with Crippen molar-refractivity contribution in [1.29, 1.82) is 0 Å². The number of nitrogens with zero attached hydrogens (tertiary/aromatic N) is 1. The molecule has 1 aliphatic heterocycles. The Morgan fingerprint density at radius 2 is 2.06 bits per heavy atom. The van der Waals surface area contributed by atoms with Crippen molar-refractivity contribution in [3.05, 3.63) is 33.3 Å². The Balaban J connectivity index is 0.00000162. The molecular weight excluding hydrogens is 279 g/mol. The number of nitro benzene ring substituents is 1. The van der Waals surface area contributed by atoms with Gasteiger partial charge in [0.15, 0.2) is 0 Å². The van der Waals surface area contributed by atoms with E-state index in [-0.39, 0.29) is 29.2 Å². The molecule has 18 heavy (non-hydrogen) atoms. The largest absolute Gasteiger partial charge is 0.490 e. The lowest BCUT2D eigenvalue weighted by Gasteiger charge is -2.23. The van der Waals surface area contributed by atoms with Crippen molar-refractivity contribution < 1.29 is 9.66 Å². The van der Waals surface area contributed by atoms with Crippen molar-refractivity contribution in [2.24, 2.45) is 0 Å². The van der Waals surface area contributed by atoms with Crippen molar-refractivity contribution in [3.8, 4) is 5.75 Å². The molecule has 1 N–H and O–H groups in total. The van der Waals surface area contributed by atoms with Gasteiger partial charge in [-0.1, -0.05) is 11.6 Å². The summed E-state index contributed by atoms with van der Waals surface area (Å²) in [5.74, 6) is 0.507. The second-order valence-corrected chi connectivity index (χ2v) is 4.34. The minimum Gasteiger partial charge on any atom is -0.490 e. The molecule has 5 nitrogen and oxygen atoms in total. The van der Waals surface area contributed by atoms with Gasteiger partial charge in [0.1, 0.15) is 16.9 Å². The molecule has 0 radical (unpaired) electrons. The Morgan fingerprint density at radius 1 is 1.39 bits per heavy atom. The van der Waals surface area contributed by atoms with Crippen LogP contribution in [0.1, 0.15) is 12.8 Å². The number of benzene rings is 1. The highest BCUT2D eigenvalue weighted by atomic mass is 35.5. The van der Waals surface area contributed by atoms with Crippen LogP contribution in [-0.2, 0) is 0 Å². The van der Waals surface area contributed by atoms with Crippen LogP contribution in [0.2, 0.25) is 5.02 Å². The molecule has 0 bridgehead atoms. The van der Waals surface area contributed by atoms with E-state index in [2.05, 4.69) is 5.32 Å². The number of halogens is 2. The highest BCUT2D eigenvalue weighted by Crippen LogP contribution is 2.29. The number of nitrogens with one attached hydrogen (secondary N) is 1. The molecular formula is C11H14Cl2N2O3. The number of ether oxygens (including phenoxy) is 1. The Hall–Kier alpha value is -1.04. The maximum Gasteiger partial charge on any atom is 0.291 e. The first-order valence-corrected chi connectivity index (χ1v) is 5.86. The van der Waals surface area contributed by atoms with E-state index in [0.29, 0.717) is 5.75 Å². The fourth-order valence-electron chi connectivity index (χ4n) is 1.81. The van der Waals surface area contributed by atoms with Crippen LogP contribution in [0.15, 0.2) is 18.2 Å². The summed E-state index contributed by atoms with van der Waals surface area (Å²) in [4.78, 5) is 10.2. The predicted octanol–water partition coefficient (Wildman–Crippen LogP) is 2.80. The zero-order valence-corrected chi connectivity index (χ0v) is 11.2. The second-order valence-electron chi connectivity index (χ2n) is 3.94. The van der Waals surface area contributed by atoms with Crippen LogP contribution < -0.4 is 10.1 Å². The molecule has 0 spiro atoms. The van der Waals surface area contributed by atoms with Crippen molar-refractivity contribution in [2.75, 3.05) is 13.1 Å². The van der Waals surface area contributed by atoms with Gasteiger partial charge >= 0.3 is 0 Å². The standard InChI is InChI=1S/C11H13ClN2O3.ClH/c12-10-2-1-9(7-11(10)14(15)16)17-8-3-5-13-6-4-8;/h1-2,7-8,13H,3-6H2;1H. The summed E-state index contributed by atoms with van der Waals surface area (Å²) < 4.78 is 5.70. The summed E-state index contributed by atoms with van der Waals surface area (Å²) in [6, 6.07) is 4.54. The molecule has 1 aromatic carbocycles. The van der Waals surface area contributed by atoms with Crippen molar-refractivity contribution in [3.63, 3.8) is 0 Å². The molecule has 2 rings (SSSR count). The molecule has 1 saturated heterocycles.